The van der Waals surface area contributed by atoms with E-state index in [1.165, 1.54) is 0 Å². The molecule has 0 aliphatic heterocycles. The minimum absolute atomic E-state index is 0.409. The Balaban J connectivity index is 2.43. The fourth-order valence-electron chi connectivity index (χ4n) is 2.22. The third kappa shape index (κ3) is 1.51. The molecule has 5 heteroatoms. The summed E-state index contributed by atoms with van der Waals surface area (Å²) < 4.78 is 23.0. The van der Waals surface area contributed by atoms with E-state index in [0.29, 0.717) is 0 Å². The maximum Gasteiger partial charge on any atom is 0.153 e. The zero-order valence-corrected chi connectivity index (χ0v) is 9.61. The van der Waals surface area contributed by atoms with Crippen molar-refractivity contribution in [3.05, 3.63) is 35.9 Å². The minimum atomic E-state index is -3.29. The first-order valence-electron chi connectivity index (χ1n) is 4.85. The van der Waals surface area contributed by atoms with Crippen LogP contribution in [0.25, 0.3) is 0 Å². The van der Waals surface area contributed by atoms with Crippen molar-refractivity contribution < 1.29 is 8.42 Å². The number of hydrogen-bond acceptors (Lipinski definition) is 4. The molecule has 0 heterocycles. The van der Waals surface area contributed by atoms with E-state index in [-0.39, 0.29) is 0 Å². The fourth-order valence-corrected chi connectivity index (χ4v) is 3.93. The van der Waals surface area contributed by atoms with Gasteiger partial charge in [-0.3, -0.25) is 0 Å². The van der Waals surface area contributed by atoms with Gasteiger partial charge in [-0.1, -0.05) is 30.3 Å². The maximum absolute atomic E-state index is 11.5. The van der Waals surface area contributed by atoms with Crippen LogP contribution in [0.2, 0.25) is 0 Å². The summed E-state index contributed by atoms with van der Waals surface area (Å²) >= 11 is 0. The van der Waals surface area contributed by atoms with E-state index in [1.54, 1.807) is 12.1 Å². The fraction of sp³-hybridized carbons (Fsp3) is 0.364. The Bertz CT molecular complexity index is 547. The van der Waals surface area contributed by atoms with Crippen molar-refractivity contribution in [1.82, 2.24) is 0 Å². The van der Waals surface area contributed by atoms with E-state index >= 15 is 0 Å². The number of hydrogen-bond donors (Lipinski definition) is 1. The van der Waals surface area contributed by atoms with Gasteiger partial charge in [-0.2, -0.15) is 5.26 Å². The van der Waals surface area contributed by atoms with Crippen LogP contribution in [-0.2, 0) is 9.84 Å². The van der Waals surface area contributed by atoms with Gasteiger partial charge in [0.2, 0.25) is 0 Å². The van der Waals surface area contributed by atoms with Crippen molar-refractivity contribution in [2.75, 3.05) is 6.26 Å². The molecule has 2 N–H and O–H groups in total. The van der Waals surface area contributed by atoms with Crippen molar-refractivity contribution in [3.8, 4) is 6.07 Å². The van der Waals surface area contributed by atoms with E-state index in [2.05, 4.69) is 0 Å². The number of nitrogens with two attached hydrogens (primary N) is 1. The van der Waals surface area contributed by atoms with Crippen molar-refractivity contribution in [1.29, 1.82) is 5.26 Å². The molecule has 1 aromatic carbocycles. The molecule has 84 valence electrons. The summed E-state index contributed by atoms with van der Waals surface area (Å²) in [4.78, 5) is 0. The number of rotatable bonds is 2. The average molecular weight is 236 g/mol. The predicted molar refractivity (Wildman–Crippen MR) is 60.3 cm³/mol. The molecule has 3 atom stereocenters. The summed E-state index contributed by atoms with van der Waals surface area (Å²) in [6.07, 6.45) is 1.12. The lowest BCUT2D eigenvalue weighted by Crippen LogP contribution is -2.28. The summed E-state index contributed by atoms with van der Waals surface area (Å²) in [5.74, 6) is -0.409. The van der Waals surface area contributed by atoms with Gasteiger partial charge < -0.3 is 5.73 Å². The van der Waals surface area contributed by atoms with E-state index in [4.69, 9.17) is 11.0 Å². The molecule has 1 aliphatic carbocycles. The van der Waals surface area contributed by atoms with Crippen LogP contribution in [-0.4, -0.2) is 25.5 Å². The molecule has 1 aromatic rings. The van der Waals surface area contributed by atoms with Crippen LogP contribution in [0, 0.1) is 11.3 Å². The highest BCUT2D eigenvalue weighted by Gasteiger charge is 2.69. The van der Waals surface area contributed by atoms with Gasteiger partial charge in [0.15, 0.2) is 9.84 Å². The summed E-state index contributed by atoms with van der Waals surface area (Å²) in [5, 5.41) is 8.21. The van der Waals surface area contributed by atoms with E-state index in [9.17, 15) is 8.42 Å². The topological polar surface area (TPSA) is 83.9 Å². The van der Waals surface area contributed by atoms with Gasteiger partial charge in [-0.25, -0.2) is 8.42 Å². The largest absolute Gasteiger partial charge is 0.312 e. The summed E-state index contributed by atoms with van der Waals surface area (Å²) in [7, 11) is -3.29. The lowest BCUT2D eigenvalue weighted by molar-refractivity contribution is 0.597. The Kier molecular flexibility index (Phi) is 2.30. The molecule has 0 unspecified atom stereocenters. The molecular formula is C11H12N2O2S. The summed E-state index contributed by atoms with van der Waals surface area (Å²) in [6, 6.07) is 11.0. The van der Waals surface area contributed by atoms with Crippen LogP contribution in [0.4, 0.5) is 0 Å². The third-order valence-corrected chi connectivity index (χ3v) is 4.58. The van der Waals surface area contributed by atoms with Gasteiger partial charge in [0.1, 0.15) is 10.8 Å². The molecule has 1 fully saturated rings. The quantitative estimate of drug-likeness (QED) is 0.806. The smallest absolute Gasteiger partial charge is 0.153 e. The third-order valence-electron chi connectivity index (χ3n) is 2.99. The first-order valence-corrected chi connectivity index (χ1v) is 6.80. The van der Waals surface area contributed by atoms with E-state index < -0.39 is 26.5 Å². The van der Waals surface area contributed by atoms with Crippen molar-refractivity contribution in [2.45, 2.75) is 16.7 Å². The highest BCUT2D eigenvalue weighted by atomic mass is 32.2. The molecule has 2 rings (SSSR count). The normalized spacial score (nSPS) is 33.1. The molecule has 0 saturated heterocycles. The number of nitriles is 1. The molecule has 16 heavy (non-hydrogen) atoms. The molecule has 1 saturated carbocycles. The molecule has 0 bridgehead atoms. The van der Waals surface area contributed by atoms with E-state index in [0.717, 1.165) is 11.8 Å². The molecule has 0 radical (unpaired) electrons. The van der Waals surface area contributed by atoms with Crippen molar-refractivity contribution in [2.24, 2.45) is 5.73 Å². The van der Waals surface area contributed by atoms with Crippen LogP contribution in [0.1, 0.15) is 11.5 Å². The van der Waals surface area contributed by atoms with Gasteiger partial charge in [0, 0.05) is 12.2 Å². The SMILES string of the molecule is CS(=O)(=O)[C@H]1[C@H](c2ccccc2)[C@@]1(N)C#N. The summed E-state index contributed by atoms with van der Waals surface area (Å²) in [6.45, 7) is 0. The monoisotopic (exact) mass is 236 g/mol. The Morgan fingerprint density at radius 2 is 1.94 bits per heavy atom. The van der Waals surface area contributed by atoms with Gasteiger partial charge in [-0.15, -0.1) is 0 Å². The van der Waals surface area contributed by atoms with Crippen molar-refractivity contribution in [3.63, 3.8) is 0 Å². The molecule has 0 amide bonds. The lowest BCUT2D eigenvalue weighted by atomic mass is 10.1. The Labute approximate surface area is 94.6 Å². The lowest BCUT2D eigenvalue weighted by Gasteiger charge is -1.99. The van der Waals surface area contributed by atoms with Gasteiger partial charge >= 0.3 is 0 Å². The Morgan fingerprint density at radius 1 is 1.38 bits per heavy atom. The van der Waals surface area contributed by atoms with Crippen LogP contribution in [0.3, 0.4) is 0 Å². The van der Waals surface area contributed by atoms with Gasteiger partial charge in [0.25, 0.3) is 0 Å². The Hall–Kier alpha value is -1.38. The first-order chi connectivity index (χ1) is 7.41. The zero-order chi connectivity index (χ0) is 12.0. The molecule has 0 spiro atoms. The number of sulfone groups is 1. The zero-order valence-electron chi connectivity index (χ0n) is 8.79. The second kappa shape index (κ2) is 3.30. The van der Waals surface area contributed by atoms with Crippen LogP contribution < -0.4 is 5.73 Å². The summed E-state index contributed by atoms with van der Waals surface area (Å²) in [5.41, 5.74) is 5.35. The predicted octanol–water partition coefficient (Wildman–Crippen LogP) is 0.418. The minimum Gasteiger partial charge on any atom is -0.312 e. The highest BCUT2D eigenvalue weighted by Crippen LogP contribution is 2.53. The molecular weight excluding hydrogens is 224 g/mol. The standard InChI is InChI=1S/C11H12N2O2S/c1-16(14,15)10-9(11(10,13)7-12)8-5-3-2-4-6-8/h2-6,9-10H,13H2,1H3/t9-,10-,11-/m0/s1. The molecule has 0 aromatic heterocycles. The van der Waals surface area contributed by atoms with Gasteiger partial charge in [-0.05, 0) is 5.56 Å². The first kappa shape index (κ1) is 11.1. The number of benzene rings is 1. The van der Waals surface area contributed by atoms with Crippen LogP contribution >= 0.6 is 0 Å². The average Bonchev–Trinajstić information content (AvgIpc) is 2.87. The van der Waals surface area contributed by atoms with Crippen LogP contribution in [0.15, 0.2) is 30.3 Å². The van der Waals surface area contributed by atoms with E-state index in [1.807, 2.05) is 24.3 Å². The second-order valence-electron chi connectivity index (χ2n) is 4.18. The van der Waals surface area contributed by atoms with Crippen LogP contribution in [0.5, 0.6) is 0 Å². The molecule has 4 nitrogen and oxygen atoms in total. The Morgan fingerprint density at radius 3 is 2.31 bits per heavy atom. The highest BCUT2D eigenvalue weighted by molar-refractivity contribution is 7.91. The van der Waals surface area contributed by atoms with Gasteiger partial charge in [0.05, 0.1) is 6.07 Å². The second-order valence-corrected chi connectivity index (χ2v) is 6.35. The molecule has 1 aliphatic rings. The maximum atomic E-state index is 11.5. The van der Waals surface area contributed by atoms with Crippen molar-refractivity contribution >= 4 is 9.84 Å². The number of nitrogens with zero attached hydrogens (tertiary/aromatic N) is 1.